The summed E-state index contributed by atoms with van der Waals surface area (Å²) < 4.78 is 34.1. The zero-order valence-corrected chi connectivity index (χ0v) is 17.3. The monoisotopic (exact) mass is 435 g/mol. The number of benzene rings is 2. The Morgan fingerprint density at radius 3 is 2.62 bits per heavy atom. The van der Waals surface area contributed by atoms with E-state index in [-0.39, 0.29) is 17.9 Å². The molecule has 9 heteroatoms. The maximum Gasteiger partial charge on any atom is 0.269 e. The lowest BCUT2D eigenvalue weighted by Crippen LogP contribution is -2.32. The molecule has 0 spiro atoms. The lowest BCUT2D eigenvalue weighted by Gasteiger charge is -2.11. The highest BCUT2D eigenvalue weighted by molar-refractivity contribution is 7.89. The second-order valence-electron chi connectivity index (χ2n) is 6.46. The van der Waals surface area contributed by atoms with Crippen LogP contribution in [0.25, 0.3) is 11.0 Å². The van der Waals surface area contributed by atoms with Gasteiger partial charge in [0.2, 0.25) is 10.0 Å². The summed E-state index contributed by atoms with van der Waals surface area (Å²) in [6, 6.07) is 14.2. The fourth-order valence-electron chi connectivity index (χ4n) is 2.80. The number of sulfonamides is 1. The second kappa shape index (κ2) is 9.87. The van der Waals surface area contributed by atoms with E-state index in [0.29, 0.717) is 42.0 Å². The van der Waals surface area contributed by atoms with Gasteiger partial charge in [0, 0.05) is 18.1 Å². The quantitative estimate of drug-likeness (QED) is 0.494. The van der Waals surface area contributed by atoms with Crippen LogP contribution in [0.4, 0.5) is 0 Å². The number of rotatable bonds is 10. The van der Waals surface area contributed by atoms with Crippen molar-refractivity contribution in [2.24, 2.45) is 0 Å². The average Bonchev–Trinajstić information content (AvgIpc) is 2.71. The molecule has 0 aliphatic heterocycles. The van der Waals surface area contributed by atoms with Gasteiger partial charge in [-0.15, -0.1) is 0 Å². The molecule has 3 rings (SSSR count). The van der Waals surface area contributed by atoms with Gasteiger partial charge in [-0.05, 0) is 49.2 Å². The van der Waals surface area contributed by atoms with Crippen LogP contribution >= 0.6 is 11.6 Å². The second-order valence-corrected chi connectivity index (χ2v) is 8.82. The topological polar surface area (TPSA) is 90.3 Å². The van der Waals surface area contributed by atoms with Gasteiger partial charge >= 0.3 is 0 Å². The van der Waals surface area contributed by atoms with E-state index in [2.05, 4.69) is 9.71 Å². The molecule has 0 saturated carbocycles. The summed E-state index contributed by atoms with van der Waals surface area (Å²) in [6.45, 7) is 0.872. The van der Waals surface area contributed by atoms with Crippen LogP contribution in [-0.4, -0.2) is 36.9 Å². The van der Waals surface area contributed by atoms with Crippen molar-refractivity contribution in [1.82, 2.24) is 14.3 Å². The highest BCUT2D eigenvalue weighted by atomic mass is 35.5. The van der Waals surface area contributed by atoms with Gasteiger partial charge in [-0.25, -0.2) is 18.1 Å². The molecule has 0 radical (unpaired) electrons. The summed E-state index contributed by atoms with van der Waals surface area (Å²) in [5.41, 5.74) is 0.950. The van der Waals surface area contributed by atoms with Gasteiger partial charge in [0.15, 0.2) is 0 Å². The van der Waals surface area contributed by atoms with Crippen molar-refractivity contribution in [3.8, 4) is 5.75 Å². The Kier molecular flexibility index (Phi) is 7.24. The third-order valence-corrected chi connectivity index (χ3v) is 5.93. The largest absolute Gasteiger partial charge is 0.494 e. The van der Waals surface area contributed by atoms with E-state index < -0.39 is 10.0 Å². The number of hydrogen-bond acceptors (Lipinski definition) is 5. The number of aryl methyl sites for hydroxylation is 1. The third-order valence-electron chi connectivity index (χ3n) is 4.31. The zero-order valence-electron chi connectivity index (χ0n) is 15.8. The predicted octanol–water partition coefficient (Wildman–Crippen LogP) is 2.83. The highest BCUT2D eigenvalue weighted by Gasteiger charge is 2.12. The number of aromatic nitrogens is 2. The molecule has 29 heavy (non-hydrogen) atoms. The molecular weight excluding hydrogens is 414 g/mol. The molecule has 0 saturated heterocycles. The molecule has 0 aliphatic carbocycles. The van der Waals surface area contributed by atoms with Crippen molar-refractivity contribution in [1.29, 1.82) is 0 Å². The molecule has 0 fully saturated rings. The molecular formula is C20H22ClN3O4S. The molecule has 1 aromatic heterocycles. The van der Waals surface area contributed by atoms with Crippen molar-refractivity contribution < 1.29 is 13.2 Å². The van der Waals surface area contributed by atoms with E-state index in [1.165, 1.54) is 10.8 Å². The van der Waals surface area contributed by atoms with Gasteiger partial charge < -0.3 is 9.30 Å². The third kappa shape index (κ3) is 6.28. The Morgan fingerprint density at radius 1 is 1.07 bits per heavy atom. The first-order valence-electron chi connectivity index (χ1n) is 9.25. The van der Waals surface area contributed by atoms with E-state index in [9.17, 15) is 13.2 Å². The van der Waals surface area contributed by atoms with Crippen LogP contribution in [0.1, 0.15) is 12.8 Å². The molecule has 0 amide bonds. The van der Waals surface area contributed by atoms with Crippen LogP contribution in [0.2, 0.25) is 5.02 Å². The lowest BCUT2D eigenvalue weighted by molar-refractivity contribution is 0.307. The molecule has 1 N–H and O–H groups in total. The maximum atomic E-state index is 12.3. The molecule has 3 aromatic rings. The summed E-state index contributed by atoms with van der Waals surface area (Å²) in [6.07, 6.45) is 2.56. The average molecular weight is 436 g/mol. The summed E-state index contributed by atoms with van der Waals surface area (Å²) in [4.78, 5) is 16.2. The van der Waals surface area contributed by atoms with Crippen LogP contribution in [0.3, 0.4) is 0 Å². The number of nitrogens with one attached hydrogen (secondary N) is 1. The van der Waals surface area contributed by atoms with E-state index >= 15 is 0 Å². The van der Waals surface area contributed by atoms with E-state index in [1.807, 2.05) is 6.07 Å². The maximum absolute atomic E-state index is 12.3. The molecule has 0 unspecified atom stereocenters. The zero-order chi connectivity index (χ0) is 20.7. The first-order valence-corrected chi connectivity index (χ1v) is 11.3. The van der Waals surface area contributed by atoms with Crippen molar-refractivity contribution >= 4 is 32.7 Å². The van der Waals surface area contributed by atoms with Crippen LogP contribution in [-0.2, 0) is 16.6 Å². The summed E-state index contributed by atoms with van der Waals surface area (Å²) in [5.74, 6) is 0.548. The standard InChI is InChI=1S/C20H22ClN3O4S/c21-16-7-9-17(10-8-16)28-13-4-3-11-23-29(26,27)14-12-24-19-6-2-1-5-18(19)22-15-20(24)25/h1-2,5-10,15,23H,3-4,11-14H2. The van der Waals surface area contributed by atoms with Gasteiger partial charge in [0.25, 0.3) is 5.56 Å². The van der Waals surface area contributed by atoms with E-state index in [1.54, 1.807) is 42.5 Å². The lowest BCUT2D eigenvalue weighted by atomic mass is 10.3. The van der Waals surface area contributed by atoms with E-state index in [4.69, 9.17) is 16.3 Å². The Morgan fingerprint density at radius 2 is 1.83 bits per heavy atom. The number of para-hydroxylation sites is 2. The minimum Gasteiger partial charge on any atom is -0.494 e. The minimum atomic E-state index is -3.49. The van der Waals surface area contributed by atoms with Gasteiger partial charge in [-0.2, -0.15) is 0 Å². The first kappa shape index (κ1) is 21.3. The summed E-state index contributed by atoms with van der Waals surface area (Å²) in [7, 11) is -3.49. The van der Waals surface area contributed by atoms with Crippen LogP contribution in [0.5, 0.6) is 5.75 Å². The predicted molar refractivity (Wildman–Crippen MR) is 114 cm³/mol. The van der Waals surface area contributed by atoms with E-state index in [0.717, 1.165) is 5.75 Å². The Balaban J connectivity index is 1.43. The normalized spacial score (nSPS) is 11.6. The van der Waals surface area contributed by atoms with Gasteiger partial charge in [0.05, 0.1) is 29.6 Å². The van der Waals surface area contributed by atoms with Crippen LogP contribution in [0.15, 0.2) is 59.5 Å². The Bertz CT molecular complexity index is 1110. The number of halogens is 1. The van der Waals surface area contributed by atoms with Crippen LogP contribution < -0.4 is 15.0 Å². The smallest absolute Gasteiger partial charge is 0.269 e. The van der Waals surface area contributed by atoms with Crippen molar-refractivity contribution in [3.05, 3.63) is 70.1 Å². The van der Waals surface area contributed by atoms with Crippen molar-refractivity contribution in [2.75, 3.05) is 18.9 Å². The molecule has 0 bridgehead atoms. The van der Waals surface area contributed by atoms with Gasteiger partial charge in [0.1, 0.15) is 5.75 Å². The van der Waals surface area contributed by atoms with Crippen molar-refractivity contribution in [3.63, 3.8) is 0 Å². The number of ether oxygens (including phenoxy) is 1. The number of unbranched alkanes of at least 4 members (excludes halogenated alkanes) is 1. The fourth-order valence-corrected chi connectivity index (χ4v) is 3.95. The molecule has 154 valence electrons. The molecule has 0 aliphatic rings. The number of hydrogen-bond donors (Lipinski definition) is 1. The number of nitrogens with zero attached hydrogens (tertiary/aromatic N) is 2. The summed E-state index contributed by atoms with van der Waals surface area (Å²) >= 11 is 5.82. The fraction of sp³-hybridized carbons (Fsp3) is 0.300. The van der Waals surface area contributed by atoms with Gasteiger partial charge in [-0.1, -0.05) is 23.7 Å². The molecule has 2 aromatic carbocycles. The van der Waals surface area contributed by atoms with Gasteiger partial charge in [-0.3, -0.25) is 4.79 Å². The molecule has 1 heterocycles. The minimum absolute atomic E-state index is 0.0663. The number of fused-ring (bicyclic) bond motifs is 1. The SMILES string of the molecule is O=c1cnc2ccccc2n1CCS(=O)(=O)NCCCCOc1ccc(Cl)cc1. The molecule has 0 atom stereocenters. The molecule has 7 nitrogen and oxygen atoms in total. The first-order chi connectivity index (χ1) is 13.9. The summed E-state index contributed by atoms with van der Waals surface area (Å²) in [5, 5.41) is 0.647. The Labute approximate surface area is 174 Å². The van der Waals surface area contributed by atoms with Crippen molar-refractivity contribution in [2.45, 2.75) is 19.4 Å². The van der Waals surface area contributed by atoms with Crippen LogP contribution in [0, 0.1) is 0 Å². The highest BCUT2D eigenvalue weighted by Crippen LogP contribution is 2.15. The Hall–Kier alpha value is -2.42.